The number of phosphoric acid groups is 1. The molecule has 0 aliphatic carbocycles. The van der Waals surface area contributed by atoms with Gasteiger partial charge in [-0.3, -0.25) is 0 Å². The Bertz CT molecular complexity index is 212. The topological polar surface area (TPSA) is 77.8 Å². The molecular formula is C16H36NaO4P. The number of rotatable bonds is 13. The molecule has 0 rings (SSSR count). The van der Waals surface area contributed by atoms with Gasteiger partial charge in [0.15, 0.2) is 0 Å². The van der Waals surface area contributed by atoms with Gasteiger partial charge in [0.2, 0.25) is 0 Å². The molecule has 0 atom stereocenters. The Morgan fingerprint density at radius 2 is 0.909 bits per heavy atom. The molecule has 0 radical (unpaired) electrons. The summed E-state index contributed by atoms with van der Waals surface area (Å²) in [4.78, 5) is 21.6. The Morgan fingerprint density at radius 1 is 0.682 bits per heavy atom. The largest absolute Gasteiger partial charge is 1.00 e. The summed E-state index contributed by atoms with van der Waals surface area (Å²) >= 11 is 0. The van der Waals surface area contributed by atoms with Crippen LogP contribution in [0.5, 0.6) is 0 Å². The van der Waals surface area contributed by atoms with E-state index in [1.807, 2.05) is 0 Å². The maximum absolute atomic E-state index is 8.88. The minimum Gasteiger partial charge on any atom is -0.343 e. The monoisotopic (exact) mass is 346 g/mol. The van der Waals surface area contributed by atoms with Gasteiger partial charge in [0.1, 0.15) is 0 Å². The maximum Gasteiger partial charge on any atom is 1.00 e. The van der Waals surface area contributed by atoms with Crippen molar-refractivity contribution >= 4 is 7.82 Å². The van der Waals surface area contributed by atoms with E-state index in [-0.39, 0.29) is 29.6 Å². The van der Waals surface area contributed by atoms with Gasteiger partial charge in [-0.1, -0.05) is 90.4 Å². The zero-order valence-electron chi connectivity index (χ0n) is 14.8. The molecule has 0 fully saturated rings. The van der Waals surface area contributed by atoms with Crippen LogP contribution >= 0.6 is 7.82 Å². The quantitative estimate of drug-likeness (QED) is 0.207. The molecule has 0 aromatic rings. The van der Waals surface area contributed by atoms with E-state index >= 15 is 0 Å². The third-order valence-corrected chi connectivity index (χ3v) is 3.35. The molecule has 6 heteroatoms. The van der Waals surface area contributed by atoms with Crippen LogP contribution < -0.4 is 29.6 Å². The summed E-state index contributed by atoms with van der Waals surface area (Å²) in [6, 6.07) is 0. The number of hydrogen-bond acceptors (Lipinski definition) is 1. The van der Waals surface area contributed by atoms with E-state index in [2.05, 4.69) is 13.8 Å². The minimum absolute atomic E-state index is 0. The van der Waals surface area contributed by atoms with Crippen molar-refractivity contribution in [2.45, 2.75) is 96.8 Å². The van der Waals surface area contributed by atoms with Crippen LogP contribution in [0.4, 0.5) is 0 Å². The molecule has 3 N–H and O–H groups in total. The van der Waals surface area contributed by atoms with Gasteiger partial charge < -0.3 is 21.6 Å². The average molecular weight is 346 g/mol. The van der Waals surface area contributed by atoms with Crippen LogP contribution in [0.15, 0.2) is 0 Å². The molecule has 0 heterocycles. The Morgan fingerprint density at radius 3 is 1.14 bits per heavy atom. The van der Waals surface area contributed by atoms with Gasteiger partial charge in [0.05, 0.1) is 0 Å². The Kier molecular flexibility index (Phi) is 28.1. The molecule has 0 aliphatic heterocycles. The molecular weight excluding hydrogens is 310 g/mol. The fourth-order valence-electron chi connectivity index (χ4n) is 2.19. The second kappa shape index (κ2) is 22.1. The number of hydrogen-bond donors (Lipinski definition) is 3. The first-order valence-electron chi connectivity index (χ1n) is 8.49. The van der Waals surface area contributed by atoms with Crippen LogP contribution in [0.25, 0.3) is 0 Å². The normalized spacial score (nSPS) is 10.6. The first-order chi connectivity index (χ1) is 9.91. The van der Waals surface area contributed by atoms with Crippen molar-refractivity contribution in [3.05, 3.63) is 6.92 Å². The van der Waals surface area contributed by atoms with Crippen LogP contribution in [-0.2, 0) is 4.57 Å². The van der Waals surface area contributed by atoms with Crippen molar-refractivity contribution in [1.82, 2.24) is 0 Å². The third kappa shape index (κ3) is 42.9. The van der Waals surface area contributed by atoms with Gasteiger partial charge in [0.25, 0.3) is 0 Å². The molecule has 0 aromatic heterocycles. The fourth-order valence-corrected chi connectivity index (χ4v) is 2.19. The van der Waals surface area contributed by atoms with Crippen molar-refractivity contribution in [2.24, 2.45) is 0 Å². The van der Waals surface area contributed by atoms with Crippen molar-refractivity contribution in [2.75, 3.05) is 0 Å². The zero-order chi connectivity index (χ0) is 16.4. The fraction of sp³-hybridized carbons (Fsp3) is 0.938. The second-order valence-corrected chi connectivity index (χ2v) is 6.64. The maximum atomic E-state index is 8.88. The van der Waals surface area contributed by atoms with E-state index < -0.39 is 7.82 Å². The molecule has 4 nitrogen and oxygen atoms in total. The van der Waals surface area contributed by atoms with Crippen LogP contribution in [0, 0.1) is 6.92 Å². The average Bonchev–Trinajstić information content (AvgIpc) is 2.38. The van der Waals surface area contributed by atoms with Crippen molar-refractivity contribution < 1.29 is 48.8 Å². The molecule has 130 valence electrons. The Hall–Kier alpha value is 1.11. The van der Waals surface area contributed by atoms with Crippen LogP contribution in [0.1, 0.15) is 96.8 Å². The van der Waals surface area contributed by atoms with Crippen molar-refractivity contribution in [3.8, 4) is 0 Å². The van der Waals surface area contributed by atoms with Crippen molar-refractivity contribution in [1.29, 1.82) is 0 Å². The van der Waals surface area contributed by atoms with Gasteiger partial charge in [-0.25, -0.2) is 4.57 Å². The smallest absolute Gasteiger partial charge is 0.343 e. The summed E-state index contributed by atoms with van der Waals surface area (Å²) in [5.74, 6) is 0. The summed E-state index contributed by atoms with van der Waals surface area (Å²) in [5, 5.41) is 0. The molecule has 0 unspecified atom stereocenters. The van der Waals surface area contributed by atoms with Gasteiger partial charge in [0, 0.05) is 0 Å². The predicted molar refractivity (Wildman–Crippen MR) is 89.9 cm³/mol. The summed E-state index contributed by atoms with van der Waals surface area (Å²) < 4.78 is 8.88. The molecule has 0 aliphatic rings. The van der Waals surface area contributed by atoms with Crippen LogP contribution in [0.2, 0.25) is 0 Å². The standard InChI is InChI=1S/C16H33.Na.H3O4P/c1-3-5-7-9-11-13-15-16-14-12-10-8-6-4-2;;1-5(2,3)4/h1,3-16H2,2H3;;(H3,1,2,3,4)/q-1;+1;. The summed E-state index contributed by atoms with van der Waals surface area (Å²) in [7, 11) is -4.64. The molecule has 0 saturated heterocycles. The van der Waals surface area contributed by atoms with Crippen LogP contribution in [0.3, 0.4) is 0 Å². The van der Waals surface area contributed by atoms with Gasteiger partial charge in [-0.2, -0.15) is 6.42 Å². The Balaban J connectivity index is -0.000000520. The Labute approximate surface area is 160 Å². The third-order valence-electron chi connectivity index (χ3n) is 3.35. The zero-order valence-corrected chi connectivity index (χ0v) is 17.7. The number of unbranched alkanes of at least 4 members (excludes halogenated alkanes) is 13. The van der Waals surface area contributed by atoms with E-state index in [4.69, 9.17) is 19.2 Å². The minimum atomic E-state index is -4.64. The molecule has 22 heavy (non-hydrogen) atoms. The van der Waals surface area contributed by atoms with Crippen molar-refractivity contribution in [3.63, 3.8) is 0 Å². The summed E-state index contributed by atoms with van der Waals surface area (Å²) in [6.07, 6.45) is 19.8. The summed E-state index contributed by atoms with van der Waals surface area (Å²) in [6.45, 7) is 6.16. The molecule has 0 saturated carbocycles. The summed E-state index contributed by atoms with van der Waals surface area (Å²) in [5.41, 5.74) is 0. The van der Waals surface area contributed by atoms with Gasteiger partial charge in [-0.15, -0.1) is 0 Å². The van der Waals surface area contributed by atoms with Crippen LogP contribution in [-0.4, -0.2) is 14.7 Å². The van der Waals surface area contributed by atoms with Gasteiger partial charge >= 0.3 is 37.4 Å². The predicted octanol–water partition coefficient (Wildman–Crippen LogP) is 2.38. The van der Waals surface area contributed by atoms with E-state index in [1.54, 1.807) is 0 Å². The first kappa shape index (κ1) is 27.9. The molecule has 0 bridgehead atoms. The van der Waals surface area contributed by atoms with E-state index in [1.165, 1.54) is 83.5 Å². The van der Waals surface area contributed by atoms with E-state index in [0.717, 1.165) is 6.42 Å². The van der Waals surface area contributed by atoms with E-state index in [0.29, 0.717) is 0 Å². The molecule has 0 spiro atoms. The molecule has 0 aromatic carbocycles. The van der Waals surface area contributed by atoms with Gasteiger partial charge in [-0.05, 0) is 0 Å². The second-order valence-electron chi connectivity index (χ2n) is 5.61. The molecule has 0 amide bonds. The first-order valence-corrected chi connectivity index (χ1v) is 10.1. The van der Waals surface area contributed by atoms with E-state index in [9.17, 15) is 0 Å². The SMILES string of the molecule is O=P(O)(O)O.[CH2-]CCCCCCCCCCCCCCC.[Na+].